The summed E-state index contributed by atoms with van der Waals surface area (Å²) in [6, 6.07) is 3.45. The molecular weight excluding hydrogens is 244 g/mol. The summed E-state index contributed by atoms with van der Waals surface area (Å²) in [6.45, 7) is 0. The van der Waals surface area contributed by atoms with E-state index in [2.05, 4.69) is 32.8 Å². The average molecular weight is 255 g/mol. The van der Waals surface area contributed by atoms with Crippen LogP contribution in [0.3, 0.4) is 0 Å². The molecule has 0 spiro atoms. The number of hydrogen-bond donors (Lipinski definition) is 1. The van der Waals surface area contributed by atoms with E-state index in [1.54, 1.807) is 19.2 Å². The molecule has 3 nitrogen and oxygen atoms in total. The van der Waals surface area contributed by atoms with E-state index in [1.807, 2.05) is 0 Å². The molecule has 0 aromatic carbocycles. The summed E-state index contributed by atoms with van der Waals surface area (Å²) in [7, 11) is 1.56. The molecular formula is C10H11BrN2O. The largest absolute Gasteiger partial charge is 0.481 e. The smallest absolute Gasteiger partial charge is 0.214 e. The lowest BCUT2D eigenvalue weighted by Crippen LogP contribution is -1.96. The van der Waals surface area contributed by atoms with Gasteiger partial charge < -0.3 is 10.5 Å². The highest BCUT2D eigenvalue weighted by molar-refractivity contribution is 9.09. The second-order valence-electron chi connectivity index (χ2n) is 2.53. The predicted octanol–water partition coefficient (Wildman–Crippen LogP) is 1.81. The molecule has 0 saturated carbocycles. The van der Waals surface area contributed by atoms with E-state index in [4.69, 9.17) is 10.5 Å². The number of alkyl halides is 1. The van der Waals surface area contributed by atoms with E-state index in [0.717, 1.165) is 11.8 Å². The fourth-order valence-corrected chi connectivity index (χ4v) is 1.06. The molecule has 74 valence electrons. The van der Waals surface area contributed by atoms with Crippen molar-refractivity contribution in [2.45, 2.75) is 6.42 Å². The van der Waals surface area contributed by atoms with Gasteiger partial charge in [-0.05, 0) is 12.0 Å². The Morgan fingerprint density at radius 1 is 1.57 bits per heavy atom. The van der Waals surface area contributed by atoms with Crippen LogP contribution in [0, 0.1) is 11.8 Å². The molecule has 0 fully saturated rings. The van der Waals surface area contributed by atoms with Crippen LogP contribution in [0.15, 0.2) is 12.1 Å². The van der Waals surface area contributed by atoms with Crippen LogP contribution in [0.5, 0.6) is 5.88 Å². The number of nitrogen functional groups attached to an aromatic ring is 1. The Morgan fingerprint density at radius 3 is 3.00 bits per heavy atom. The molecule has 1 aromatic rings. The van der Waals surface area contributed by atoms with Crippen LogP contribution < -0.4 is 10.5 Å². The van der Waals surface area contributed by atoms with E-state index in [-0.39, 0.29) is 0 Å². The van der Waals surface area contributed by atoms with Crippen molar-refractivity contribution in [3.63, 3.8) is 0 Å². The van der Waals surface area contributed by atoms with Gasteiger partial charge in [0.1, 0.15) is 5.69 Å². The minimum atomic E-state index is 0.530. The number of pyridine rings is 1. The number of rotatable bonds is 2. The van der Waals surface area contributed by atoms with Gasteiger partial charge in [0, 0.05) is 17.8 Å². The topological polar surface area (TPSA) is 48.1 Å². The fraction of sp³-hybridized carbons (Fsp3) is 0.300. The van der Waals surface area contributed by atoms with E-state index >= 15 is 0 Å². The Balaban J connectivity index is 2.91. The number of aromatic nitrogens is 1. The molecule has 0 bridgehead atoms. The molecule has 0 aliphatic heterocycles. The first-order valence-electron chi connectivity index (χ1n) is 4.13. The summed E-state index contributed by atoms with van der Waals surface area (Å²) < 4.78 is 4.97. The SMILES string of the molecule is COc1ccc(N)c(C#CCCBr)n1. The van der Waals surface area contributed by atoms with E-state index in [9.17, 15) is 0 Å². The van der Waals surface area contributed by atoms with Gasteiger partial charge in [0.2, 0.25) is 5.88 Å². The summed E-state index contributed by atoms with van der Waals surface area (Å²) in [5.74, 6) is 6.37. The zero-order valence-corrected chi connectivity index (χ0v) is 9.47. The molecule has 4 heteroatoms. The van der Waals surface area contributed by atoms with Gasteiger partial charge in [-0.1, -0.05) is 21.9 Å². The quantitative estimate of drug-likeness (QED) is 0.647. The maximum atomic E-state index is 5.69. The number of hydrogen-bond acceptors (Lipinski definition) is 3. The normalized spacial score (nSPS) is 9.00. The molecule has 0 aliphatic rings. The lowest BCUT2D eigenvalue weighted by atomic mass is 10.3. The average Bonchev–Trinajstić information content (AvgIpc) is 2.21. The summed E-state index contributed by atoms with van der Waals surface area (Å²) >= 11 is 3.29. The van der Waals surface area contributed by atoms with E-state index in [0.29, 0.717) is 17.3 Å². The summed E-state index contributed by atoms with van der Waals surface area (Å²) in [6.07, 6.45) is 0.776. The number of nitrogens with zero attached hydrogens (tertiary/aromatic N) is 1. The number of nitrogens with two attached hydrogens (primary N) is 1. The van der Waals surface area contributed by atoms with Crippen molar-refractivity contribution < 1.29 is 4.74 Å². The molecule has 1 heterocycles. The van der Waals surface area contributed by atoms with Crippen LogP contribution in [-0.2, 0) is 0 Å². The molecule has 1 aromatic heterocycles. The van der Waals surface area contributed by atoms with Gasteiger partial charge >= 0.3 is 0 Å². The summed E-state index contributed by atoms with van der Waals surface area (Å²) in [5.41, 5.74) is 6.85. The van der Waals surface area contributed by atoms with Crippen LogP contribution in [0.25, 0.3) is 0 Å². The number of anilines is 1. The monoisotopic (exact) mass is 254 g/mol. The molecule has 0 radical (unpaired) electrons. The first-order valence-corrected chi connectivity index (χ1v) is 5.25. The minimum Gasteiger partial charge on any atom is -0.481 e. The highest BCUT2D eigenvalue weighted by atomic mass is 79.9. The van der Waals surface area contributed by atoms with E-state index < -0.39 is 0 Å². The summed E-state index contributed by atoms with van der Waals surface area (Å²) in [4.78, 5) is 4.13. The first kappa shape index (κ1) is 10.9. The first-order chi connectivity index (χ1) is 6.77. The molecule has 0 atom stereocenters. The third-order valence-electron chi connectivity index (χ3n) is 1.54. The number of methoxy groups -OCH3 is 1. The maximum absolute atomic E-state index is 5.69. The van der Waals surface area contributed by atoms with Crippen LogP contribution in [0.2, 0.25) is 0 Å². The van der Waals surface area contributed by atoms with E-state index in [1.165, 1.54) is 0 Å². The Kier molecular flexibility index (Phi) is 4.27. The fourth-order valence-electron chi connectivity index (χ4n) is 0.859. The van der Waals surface area contributed by atoms with Crippen molar-refractivity contribution in [2.75, 3.05) is 18.2 Å². The summed E-state index contributed by atoms with van der Waals surface area (Å²) in [5, 5.41) is 0.851. The van der Waals surface area contributed by atoms with Gasteiger partial charge in [-0.2, -0.15) is 0 Å². The Hall–Kier alpha value is -1.21. The van der Waals surface area contributed by atoms with Crippen molar-refractivity contribution in [3.05, 3.63) is 17.8 Å². The van der Waals surface area contributed by atoms with Gasteiger partial charge in [0.25, 0.3) is 0 Å². The third-order valence-corrected chi connectivity index (χ3v) is 1.93. The standard InChI is InChI=1S/C10H11BrN2O/c1-14-10-6-5-8(12)9(13-10)4-2-3-7-11/h5-6H,3,7,12H2,1H3. The number of halogens is 1. The van der Waals surface area contributed by atoms with Gasteiger partial charge in [-0.3, -0.25) is 0 Å². The lowest BCUT2D eigenvalue weighted by molar-refractivity contribution is 0.397. The van der Waals surface area contributed by atoms with Crippen molar-refractivity contribution in [3.8, 4) is 17.7 Å². The molecule has 1 rings (SSSR count). The van der Waals surface area contributed by atoms with Gasteiger partial charge in [-0.15, -0.1) is 0 Å². The van der Waals surface area contributed by atoms with Crippen molar-refractivity contribution in [1.29, 1.82) is 0 Å². The van der Waals surface area contributed by atoms with Gasteiger partial charge in [0.15, 0.2) is 0 Å². The zero-order chi connectivity index (χ0) is 10.4. The second-order valence-corrected chi connectivity index (χ2v) is 3.33. The molecule has 0 unspecified atom stereocenters. The van der Waals surface area contributed by atoms with Crippen LogP contribution >= 0.6 is 15.9 Å². The Bertz CT molecular complexity index is 368. The van der Waals surface area contributed by atoms with Gasteiger partial charge in [-0.25, -0.2) is 4.98 Å². The Morgan fingerprint density at radius 2 is 2.36 bits per heavy atom. The Labute approximate surface area is 91.8 Å². The number of ether oxygens (including phenoxy) is 1. The van der Waals surface area contributed by atoms with Crippen molar-refractivity contribution in [1.82, 2.24) is 4.98 Å². The molecule has 0 amide bonds. The molecule has 0 saturated heterocycles. The molecule has 0 aliphatic carbocycles. The second kappa shape index (κ2) is 5.51. The minimum absolute atomic E-state index is 0.530. The maximum Gasteiger partial charge on any atom is 0.214 e. The van der Waals surface area contributed by atoms with Crippen LogP contribution in [-0.4, -0.2) is 17.4 Å². The zero-order valence-electron chi connectivity index (χ0n) is 7.88. The molecule has 2 N–H and O–H groups in total. The highest BCUT2D eigenvalue weighted by Gasteiger charge is 1.99. The lowest BCUT2D eigenvalue weighted by Gasteiger charge is -2.00. The van der Waals surface area contributed by atoms with Crippen molar-refractivity contribution in [2.24, 2.45) is 0 Å². The predicted molar refractivity (Wildman–Crippen MR) is 60.5 cm³/mol. The molecule has 14 heavy (non-hydrogen) atoms. The van der Waals surface area contributed by atoms with Crippen LogP contribution in [0.1, 0.15) is 12.1 Å². The highest BCUT2D eigenvalue weighted by Crippen LogP contribution is 2.13. The third kappa shape index (κ3) is 2.93. The van der Waals surface area contributed by atoms with Crippen LogP contribution in [0.4, 0.5) is 5.69 Å². The van der Waals surface area contributed by atoms with Gasteiger partial charge in [0.05, 0.1) is 12.8 Å². The van der Waals surface area contributed by atoms with Crippen molar-refractivity contribution >= 4 is 21.6 Å².